The van der Waals surface area contributed by atoms with Crippen molar-refractivity contribution in [3.05, 3.63) is 35.9 Å². The Balaban J connectivity index is 2.70. The van der Waals surface area contributed by atoms with Gasteiger partial charge in [-0.1, -0.05) is 44.2 Å². The predicted octanol–water partition coefficient (Wildman–Crippen LogP) is 2.68. The molecule has 1 N–H and O–H groups in total. The Morgan fingerprint density at radius 1 is 1.19 bits per heavy atom. The van der Waals surface area contributed by atoms with Gasteiger partial charge in [0.15, 0.2) is 0 Å². The Labute approximate surface area is 99.7 Å². The van der Waals surface area contributed by atoms with Crippen LogP contribution in [0, 0.1) is 0 Å². The predicted molar refractivity (Wildman–Crippen MR) is 70.6 cm³/mol. The van der Waals surface area contributed by atoms with Crippen LogP contribution < -0.4 is 5.32 Å². The molecule has 0 saturated heterocycles. The molecule has 1 aromatic carbocycles. The first-order valence-electron chi connectivity index (χ1n) is 6.25. The zero-order chi connectivity index (χ0) is 11.8. The first-order chi connectivity index (χ1) is 7.79. The molecule has 0 amide bonds. The fourth-order valence-electron chi connectivity index (χ4n) is 1.99. The average Bonchev–Trinajstić information content (AvgIpc) is 2.31. The topological polar surface area (TPSA) is 15.3 Å². The highest BCUT2D eigenvalue weighted by atomic mass is 15.1. The van der Waals surface area contributed by atoms with E-state index in [2.05, 4.69) is 61.4 Å². The van der Waals surface area contributed by atoms with E-state index in [4.69, 9.17) is 0 Å². The second-order valence-corrected chi connectivity index (χ2v) is 4.21. The quantitative estimate of drug-likeness (QED) is 0.760. The third kappa shape index (κ3) is 3.95. The van der Waals surface area contributed by atoms with E-state index in [0.717, 1.165) is 19.6 Å². The summed E-state index contributed by atoms with van der Waals surface area (Å²) < 4.78 is 0. The van der Waals surface area contributed by atoms with Crippen LogP contribution in [-0.2, 0) is 0 Å². The van der Waals surface area contributed by atoms with Gasteiger partial charge in [-0.05, 0) is 32.1 Å². The molecule has 1 rings (SSSR count). The van der Waals surface area contributed by atoms with Crippen molar-refractivity contribution in [1.29, 1.82) is 0 Å². The van der Waals surface area contributed by atoms with Gasteiger partial charge >= 0.3 is 0 Å². The lowest BCUT2D eigenvalue weighted by atomic mass is 10.1. The fraction of sp³-hybridized carbons (Fsp3) is 0.571. The molecule has 0 radical (unpaired) electrons. The molecule has 0 spiro atoms. The molecule has 0 bridgehead atoms. The Morgan fingerprint density at radius 2 is 1.88 bits per heavy atom. The maximum absolute atomic E-state index is 3.44. The van der Waals surface area contributed by atoms with Crippen LogP contribution >= 0.6 is 0 Å². The van der Waals surface area contributed by atoms with Gasteiger partial charge in [0.1, 0.15) is 0 Å². The van der Waals surface area contributed by atoms with Crippen LogP contribution in [0.1, 0.15) is 31.9 Å². The average molecular weight is 220 g/mol. The lowest BCUT2D eigenvalue weighted by Gasteiger charge is -2.28. The fourth-order valence-corrected chi connectivity index (χ4v) is 1.99. The Morgan fingerprint density at radius 3 is 2.44 bits per heavy atom. The maximum Gasteiger partial charge on any atom is 0.0469 e. The van der Waals surface area contributed by atoms with Crippen LogP contribution in [0.3, 0.4) is 0 Å². The highest BCUT2D eigenvalue weighted by Gasteiger charge is 2.14. The molecule has 0 aliphatic carbocycles. The van der Waals surface area contributed by atoms with Gasteiger partial charge in [0.05, 0.1) is 0 Å². The molecule has 0 heterocycles. The molecular formula is C14H24N2. The second-order valence-electron chi connectivity index (χ2n) is 4.21. The number of likely N-dealkylation sites (N-methyl/N-ethyl adjacent to an activating group) is 2. The van der Waals surface area contributed by atoms with E-state index in [9.17, 15) is 0 Å². The molecular weight excluding hydrogens is 196 g/mol. The van der Waals surface area contributed by atoms with Gasteiger partial charge in [0, 0.05) is 12.6 Å². The summed E-state index contributed by atoms with van der Waals surface area (Å²) in [5.74, 6) is 0. The maximum atomic E-state index is 3.44. The van der Waals surface area contributed by atoms with Crippen molar-refractivity contribution in [3.8, 4) is 0 Å². The lowest BCUT2D eigenvalue weighted by molar-refractivity contribution is 0.239. The smallest absolute Gasteiger partial charge is 0.0469 e. The largest absolute Gasteiger partial charge is 0.315 e. The third-order valence-electron chi connectivity index (χ3n) is 2.88. The first kappa shape index (κ1) is 13.2. The monoisotopic (exact) mass is 220 g/mol. The minimum Gasteiger partial charge on any atom is -0.315 e. The number of rotatable bonds is 7. The van der Waals surface area contributed by atoms with Crippen LogP contribution in [0.5, 0.6) is 0 Å². The summed E-state index contributed by atoms with van der Waals surface area (Å²) in [7, 11) is 2.21. The summed E-state index contributed by atoms with van der Waals surface area (Å²) in [6.45, 7) is 7.58. The summed E-state index contributed by atoms with van der Waals surface area (Å²) in [4.78, 5) is 2.43. The number of nitrogens with zero attached hydrogens (tertiary/aromatic N) is 1. The number of benzene rings is 1. The minimum absolute atomic E-state index is 0.487. The SMILES string of the molecule is CCCN(C)C(CNCC)c1ccccc1. The zero-order valence-corrected chi connectivity index (χ0v) is 10.7. The van der Waals surface area contributed by atoms with Gasteiger partial charge in [-0.25, -0.2) is 0 Å². The molecule has 0 fully saturated rings. The molecule has 2 heteroatoms. The van der Waals surface area contributed by atoms with Gasteiger partial charge < -0.3 is 5.32 Å². The molecule has 1 unspecified atom stereocenters. The van der Waals surface area contributed by atoms with E-state index < -0.39 is 0 Å². The first-order valence-corrected chi connectivity index (χ1v) is 6.25. The lowest BCUT2D eigenvalue weighted by Crippen LogP contribution is -2.33. The summed E-state index contributed by atoms with van der Waals surface area (Å²) in [6.07, 6.45) is 1.20. The molecule has 0 aliphatic heterocycles. The number of hydrogen-bond donors (Lipinski definition) is 1. The van der Waals surface area contributed by atoms with E-state index in [1.54, 1.807) is 0 Å². The van der Waals surface area contributed by atoms with Crippen molar-refractivity contribution in [2.45, 2.75) is 26.3 Å². The van der Waals surface area contributed by atoms with Gasteiger partial charge in [-0.3, -0.25) is 4.90 Å². The summed E-state index contributed by atoms with van der Waals surface area (Å²) >= 11 is 0. The van der Waals surface area contributed by atoms with Gasteiger partial charge in [0.25, 0.3) is 0 Å². The van der Waals surface area contributed by atoms with E-state index in [1.165, 1.54) is 12.0 Å². The highest BCUT2D eigenvalue weighted by molar-refractivity contribution is 5.19. The van der Waals surface area contributed by atoms with Crippen molar-refractivity contribution >= 4 is 0 Å². The molecule has 0 aromatic heterocycles. The van der Waals surface area contributed by atoms with Crippen molar-refractivity contribution in [2.75, 3.05) is 26.7 Å². The Hall–Kier alpha value is -0.860. The zero-order valence-electron chi connectivity index (χ0n) is 10.7. The minimum atomic E-state index is 0.487. The van der Waals surface area contributed by atoms with Gasteiger partial charge in [0.2, 0.25) is 0 Å². The van der Waals surface area contributed by atoms with E-state index in [-0.39, 0.29) is 0 Å². The second kappa shape index (κ2) is 7.42. The Bertz CT molecular complexity index is 271. The van der Waals surface area contributed by atoms with Gasteiger partial charge in [-0.15, -0.1) is 0 Å². The van der Waals surface area contributed by atoms with Crippen molar-refractivity contribution in [1.82, 2.24) is 10.2 Å². The van der Waals surface area contributed by atoms with Crippen LogP contribution in [0.15, 0.2) is 30.3 Å². The van der Waals surface area contributed by atoms with Gasteiger partial charge in [-0.2, -0.15) is 0 Å². The molecule has 0 aliphatic rings. The van der Waals surface area contributed by atoms with Crippen molar-refractivity contribution in [3.63, 3.8) is 0 Å². The van der Waals surface area contributed by atoms with E-state index >= 15 is 0 Å². The highest BCUT2D eigenvalue weighted by Crippen LogP contribution is 2.18. The number of hydrogen-bond acceptors (Lipinski definition) is 2. The van der Waals surface area contributed by atoms with Crippen molar-refractivity contribution < 1.29 is 0 Å². The molecule has 1 aromatic rings. The Kier molecular flexibility index (Phi) is 6.12. The molecule has 2 nitrogen and oxygen atoms in total. The summed E-state index contributed by atoms with van der Waals surface area (Å²) in [5, 5.41) is 3.44. The van der Waals surface area contributed by atoms with E-state index in [1.807, 2.05) is 0 Å². The van der Waals surface area contributed by atoms with E-state index in [0.29, 0.717) is 6.04 Å². The van der Waals surface area contributed by atoms with Crippen LogP contribution in [0.4, 0.5) is 0 Å². The third-order valence-corrected chi connectivity index (χ3v) is 2.88. The summed E-state index contributed by atoms with van der Waals surface area (Å²) in [5.41, 5.74) is 1.40. The van der Waals surface area contributed by atoms with Crippen LogP contribution in [0.25, 0.3) is 0 Å². The summed E-state index contributed by atoms with van der Waals surface area (Å²) in [6, 6.07) is 11.2. The molecule has 90 valence electrons. The molecule has 1 atom stereocenters. The molecule has 0 saturated carbocycles. The normalized spacial score (nSPS) is 13.0. The number of nitrogens with one attached hydrogen (secondary N) is 1. The van der Waals surface area contributed by atoms with Crippen LogP contribution in [-0.4, -0.2) is 31.6 Å². The van der Waals surface area contributed by atoms with Crippen LogP contribution in [0.2, 0.25) is 0 Å². The molecule has 16 heavy (non-hydrogen) atoms. The standard InChI is InChI=1S/C14H24N2/c1-4-11-16(3)14(12-15-5-2)13-9-7-6-8-10-13/h6-10,14-15H,4-5,11-12H2,1-3H3. The van der Waals surface area contributed by atoms with Crippen molar-refractivity contribution in [2.24, 2.45) is 0 Å².